The van der Waals surface area contributed by atoms with Crippen LogP contribution >= 0.6 is 0 Å². The van der Waals surface area contributed by atoms with E-state index in [9.17, 15) is 0 Å². The Labute approximate surface area is 95.2 Å². The summed E-state index contributed by atoms with van der Waals surface area (Å²) in [6, 6.07) is 0. The van der Waals surface area contributed by atoms with Crippen molar-refractivity contribution in [1.82, 2.24) is 5.32 Å². The second-order valence-electron chi connectivity index (χ2n) is 1.82. The minimum Gasteiger partial charge on any atom is -0.550 e. The van der Waals surface area contributed by atoms with Crippen molar-refractivity contribution in [1.29, 1.82) is 0 Å². The van der Waals surface area contributed by atoms with Crippen molar-refractivity contribution in [3.8, 4) is 0 Å². The van der Waals surface area contributed by atoms with Gasteiger partial charge in [0, 0.05) is 32.1 Å². The summed E-state index contributed by atoms with van der Waals surface area (Å²) in [7, 11) is 0. The van der Waals surface area contributed by atoms with Crippen molar-refractivity contribution < 1.29 is 39.5 Å². The molecule has 0 unspecified atom stereocenters. The van der Waals surface area contributed by atoms with Gasteiger partial charge in [-0.15, -0.1) is 0 Å². The van der Waals surface area contributed by atoms with Gasteiger partial charge in [-0.1, -0.05) is 0 Å². The van der Waals surface area contributed by atoms with E-state index in [1.54, 1.807) is 0 Å². The molecule has 0 aromatic rings. The minimum absolute atomic E-state index is 0. The molecular weight excluding hydrogens is 169 g/mol. The molecule has 0 aliphatic heterocycles. The van der Waals surface area contributed by atoms with Gasteiger partial charge in [0.15, 0.2) is 0 Å². The molecule has 0 saturated carbocycles. The van der Waals surface area contributed by atoms with E-state index in [-0.39, 0.29) is 29.6 Å². The first kappa shape index (κ1) is 18.2. The van der Waals surface area contributed by atoms with Crippen molar-refractivity contribution in [2.75, 3.05) is 26.2 Å². The first-order chi connectivity index (χ1) is 5.15. The van der Waals surface area contributed by atoms with E-state index in [1.165, 1.54) is 0 Å². The van der Waals surface area contributed by atoms with Gasteiger partial charge in [0.2, 0.25) is 0 Å². The Morgan fingerprint density at radius 1 is 1.33 bits per heavy atom. The maximum atomic E-state index is 8.89. The minimum atomic E-state index is -1.08. The molecule has 0 heterocycles. The van der Waals surface area contributed by atoms with Gasteiger partial charge in [0.25, 0.3) is 0 Å². The van der Waals surface area contributed by atoms with Gasteiger partial charge in [-0.25, -0.2) is 0 Å². The summed E-state index contributed by atoms with van der Waals surface area (Å²) in [6.07, 6.45) is 0. The summed E-state index contributed by atoms with van der Waals surface area (Å²) >= 11 is 0. The SMILES string of the molecule is CC(=O)[O-].NCCNCCN.[Na+]. The van der Waals surface area contributed by atoms with Crippen LogP contribution in [0, 0.1) is 0 Å². The quantitative estimate of drug-likeness (QED) is 0.299. The van der Waals surface area contributed by atoms with E-state index in [4.69, 9.17) is 21.4 Å². The molecule has 5 nitrogen and oxygen atoms in total. The normalized spacial score (nSPS) is 7.58. The topological polar surface area (TPSA) is 104 Å². The number of aliphatic carboxylic acids is 1. The molecule has 0 atom stereocenters. The fourth-order valence-electron chi connectivity index (χ4n) is 0.329. The smallest absolute Gasteiger partial charge is 0.550 e. The second kappa shape index (κ2) is 17.4. The zero-order chi connectivity index (χ0) is 9.11. The average Bonchev–Trinajstić information content (AvgIpc) is 1.88. The Hall–Kier alpha value is 0.350. The van der Waals surface area contributed by atoms with E-state index < -0.39 is 5.97 Å². The molecule has 0 bridgehead atoms. The van der Waals surface area contributed by atoms with Crippen molar-refractivity contribution in [2.45, 2.75) is 6.92 Å². The molecule has 5 N–H and O–H groups in total. The molecular formula is C6H16N3NaO2. The maximum absolute atomic E-state index is 8.89. The number of hydrogen-bond acceptors (Lipinski definition) is 5. The predicted molar refractivity (Wildman–Crippen MR) is 41.7 cm³/mol. The molecule has 0 aliphatic carbocycles. The van der Waals surface area contributed by atoms with Crippen LogP contribution in [0.15, 0.2) is 0 Å². The van der Waals surface area contributed by atoms with Crippen LogP contribution < -0.4 is 51.4 Å². The first-order valence-electron chi connectivity index (χ1n) is 3.43. The van der Waals surface area contributed by atoms with Crippen LogP contribution in [0.3, 0.4) is 0 Å². The largest absolute Gasteiger partial charge is 1.00 e. The van der Waals surface area contributed by atoms with Gasteiger partial charge in [0.1, 0.15) is 0 Å². The molecule has 0 spiro atoms. The Balaban J connectivity index is -0.000000142. The fourth-order valence-corrected chi connectivity index (χ4v) is 0.329. The third kappa shape index (κ3) is 47.8. The van der Waals surface area contributed by atoms with Crippen LogP contribution in [-0.2, 0) is 4.79 Å². The standard InChI is InChI=1S/C4H13N3.C2H4O2.Na/c5-1-3-7-4-2-6;1-2(3)4;/h7H,1-6H2;1H3,(H,3,4);/q;;+1/p-1. The van der Waals surface area contributed by atoms with Gasteiger partial charge < -0.3 is 26.7 Å². The van der Waals surface area contributed by atoms with Crippen molar-refractivity contribution in [3.05, 3.63) is 0 Å². The molecule has 12 heavy (non-hydrogen) atoms. The number of nitrogens with two attached hydrogens (primary N) is 2. The summed E-state index contributed by atoms with van der Waals surface area (Å²) < 4.78 is 0. The molecule has 68 valence electrons. The zero-order valence-corrected chi connectivity index (χ0v) is 9.80. The monoisotopic (exact) mass is 185 g/mol. The van der Waals surface area contributed by atoms with Gasteiger partial charge in [0.05, 0.1) is 0 Å². The number of carboxylic acids is 1. The number of rotatable bonds is 4. The van der Waals surface area contributed by atoms with E-state index >= 15 is 0 Å². The summed E-state index contributed by atoms with van der Waals surface area (Å²) in [5, 5.41) is 11.9. The van der Waals surface area contributed by atoms with Gasteiger partial charge in [-0.3, -0.25) is 0 Å². The molecule has 0 radical (unpaired) electrons. The third-order valence-corrected chi connectivity index (χ3v) is 0.642. The van der Waals surface area contributed by atoms with E-state index in [0.29, 0.717) is 13.1 Å². The third-order valence-electron chi connectivity index (χ3n) is 0.642. The average molecular weight is 185 g/mol. The van der Waals surface area contributed by atoms with Crippen LogP contribution in [0.4, 0.5) is 0 Å². The Morgan fingerprint density at radius 3 is 1.75 bits per heavy atom. The molecule has 0 fully saturated rings. The van der Waals surface area contributed by atoms with E-state index in [0.717, 1.165) is 20.0 Å². The van der Waals surface area contributed by atoms with Gasteiger partial charge >= 0.3 is 29.6 Å². The summed E-state index contributed by atoms with van der Waals surface area (Å²) in [5.74, 6) is -1.08. The molecule has 0 rings (SSSR count). The van der Waals surface area contributed by atoms with Crippen molar-refractivity contribution >= 4 is 5.97 Å². The molecule has 0 aromatic heterocycles. The first-order valence-corrected chi connectivity index (χ1v) is 3.43. The summed E-state index contributed by atoms with van der Waals surface area (Å²) in [4.78, 5) is 8.89. The number of nitrogens with one attached hydrogen (secondary N) is 1. The molecule has 0 aromatic carbocycles. The van der Waals surface area contributed by atoms with Crippen molar-refractivity contribution in [3.63, 3.8) is 0 Å². The maximum Gasteiger partial charge on any atom is 1.00 e. The molecule has 0 amide bonds. The number of carbonyl (C=O) groups is 1. The molecule has 0 saturated heterocycles. The van der Waals surface area contributed by atoms with Crippen molar-refractivity contribution in [2.24, 2.45) is 11.5 Å². The summed E-state index contributed by atoms with van der Waals surface area (Å²) in [5.41, 5.74) is 10.3. The Morgan fingerprint density at radius 2 is 1.58 bits per heavy atom. The van der Waals surface area contributed by atoms with Gasteiger partial charge in [-0.2, -0.15) is 0 Å². The van der Waals surface area contributed by atoms with Gasteiger partial charge in [-0.05, 0) is 6.92 Å². The van der Waals surface area contributed by atoms with Crippen LogP contribution in [-0.4, -0.2) is 32.1 Å². The fraction of sp³-hybridized carbons (Fsp3) is 0.833. The second-order valence-corrected chi connectivity index (χ2v) is 1.82. The van der Waals surface area contributed by atoms with E-state index in [2.05, 4.69) is 5.32 Å². The van der Waals surface area contributed by atoms with E-state index in [1.807, 2.05) is 0 Å². The van der Waals surface area contributed by atoms with Crippen LogP contribution in [0.1, 0.15) is 6.92 Å². The van der Waals surface area contributed by atoms with Crippen LogP contribution in [0.2, 0.25) is 0 Å². The van der Waals surface area contributed by atoms with Crippen LogP contribution in [0.25, 0.3) is 0 Å². The number of hydrogen-bond donors (Lipinski definition) is 3. The number of carbonyl (C=O) groups excluding carboxylic acids is 1. The summed E-state index contributed by atoms with van der Waals surface area (Å²) in [6.45, 7) is 4.11. The molecule has 6 heteroatoms. The predicted octanol–water partition coefficient (Wildman–Crippen LogP) is -5.75. The Bertz CT molecular complexity index is 84.9. The Kier molecular flexibility index (Phi) is 26.4. The van der Waals surface area contributed by atoms with Crippen LogP contribution in [0.5, 0.6) is 0 Å². The zero-order valence-electron chi connectivity index (χ0n) is 7.80. The molecule has 0 aliphatic rings. The number of carboxylic acid groups (broad SMARTS) is 1.